The molecule has 1 fully saturated rings. The van der Waals surface area contributed by atoms with Gasteiger partial charge < -0.3 is 9.47 Å². The highest BCUT2D eigenvalue weighted by molar-refractivity contribution is 8.19. The highest BCUT2D eigenvalue weighted by Gasteiger charge is 2.35. The molecule has 9 heteroatoms. The molecule has 1 amide bonds. The van der Waals surface area contributed by atoms with Gasteiger partial charge in [0.1, 0.15) is 6.61 Å². The van der Waals surface area contributed by atoms with Crippen molar-refractivity contribution in [2.75, 3.05) is 11.5 Å². The van der Waals surface area contributed by atoms with Gasteiger partial charge in [0, 0.05) is 16.0 Å². The number of aryl methyl sites for hydroxylation is 1. The van der Waals surface area contributed by atoms with E-state index in [0.717, 1.165) is 22.5 Å². The fourth-order valence-corrected chi connectivity index (χ4v) is 5.65. The molecule has 192 valence electrons. The van der Waals surface area contributed by atoms with E-state index in [0.29, 0.717) is 44.9 Å². The normalized spacial score (nSPS) is 15.4. The number of halogens is 1. The molecule has 1 aliphatic rings. The number of aliphatic imine (C=N–C) groups is 1. The number of anilines is 1. The molecule has 38 heavy (non-hydrogen) atoms. The molecule has 0 spiro atoms. The summed E-state index contributed by atoms with van der Waals surface area (Å²) in [5.41, 5.74) is 3.34. The third-order valence-electron chi connectivity index (χ3n) is 5.53. The number of carbonyl (C=O) groups is 1. The zero-order valence-corrected chi connectivity index (χ0v) is 23.1. The maximum atomic E-state index is 13.6. The number of rotatable bonds is 8. The van der Waals surface area contributed by atoms with Gasteiger partial charge in [0.15, 0.2) is 16.7 Å². The molecule has 0 atom stereocenters. The van der Waals surface area contributed by atoms with Crippen molar-refractivity contribution in [3.8, 4) is 11.5 Å². The summed E-state index contributed by atoms with van der Waals surface area (Å²) in [5.74, 6) is 1.05. The Balaban J connectivity index is 1.44. The molecule has 1 saturated heterocycles. The lowest BCUT2D eigenvalue weighted by Gasteiger charge is -2.15. The molecule has 0 aliphatic carbocycles. The van der Waals surface area contributed by atoms with Crippen molar-refractivity contribution >= 4 is 62.7 Å². The maximum Gasteiger partial charge on any atom is 0.271 e. The lowest BCUT2D eigenvalue weighted by Crippen LogP contribution is -2.28. The third-order valence-corrected chi connectivity index (χ3v) is 7.72. The second-order valence-electron chi connectivity index (χ2n) is 8.27. The van der Waals surface area contributed by atoms with Crippen molar-refractivity contribution in [2.45, 2.75) is 20.5 Å². The fraction of sp³-hybridized carbons (Fsp3) is 0.138. The Bertz CT molecular complexity index is 1520. The van der Waals surface area contributed by atoms with Gasteiger partial charge in [0.25, 0.3) is 5.91 Å². The zero-order valence-electron chi connectivity index (χ0n) is 20.8. The maximum absolute atomic E-state index is 13.6. The lowest BCUT2D eigenvalue weighted by atomic mass is 10.1. The Labute approximate surface area is 234 Å². The minimum atomic E-state index is -0.148. The smallest absolute Gasteiger partial charge is 0.271 e. The SMILES string of the molecule is CCOc1cc(/C=C2\S/C(=N/c3nc(C)cs3)N(c3ccccc3)C2=O)ccc1OCc1ccccc1Cl. The summed E-state index contributed by atoms with van der Waals surface area (Å²) in [6, 6.07) is 22.7. The summed E-state index contributed by atoms with van der Waals surface area (Å²) in [6.07, 6.45) is 1.85. The summed E-state index contributed by atoms with van der Waals surface area (Å²) >= 11 is 9.04. The number of benzene rings is 3. The number of thioether (sulfide) groups is 1. The van der Waals surface area contributed by atoms with E-state index in [9.17, 15) is 4.79 Å². The molecule has 0 radical (unpaired) electrons. The van der Waals surface area contributed by atoms with Crippen molar-refractivity contribution in [3.05, 3.63) is 105 Å². The van der Waals surface area contributed by atoms with Gasteiger partial charge in [-0.3, -0.25) is 9.69 Å². The minimum absolute atomic E-state index is 0.148. The van der Waals surface area contributed by atoms with Crippen LogP contribution in [0.15, 0.2) is 88.1 Å². The first kappa shape index (κ1) is 26.0. The van der Waals surface area contributed by atoms with Gasteiger partial charge in [-0.25, -0.2) is 4.98 Å². The number of amides is 1. The van der Waals surface area contributed by atoms with E-state index in [1.165, 1.54) is 23.1 Å². The number of amidine groups is 1. The zero-order chi connectivity index (χ0) is 26.5. The van der Waals surface area contributed by atoms with E-state index >= 15 is 0 Å². The van der Waals surface area contributed by atoms with Crippen molar-refractivity contribution in [1.82, 2.24) is 4.98 Å². The Morgan fingerprint density at radius 3 is 2.55 bits per heavy atom. The quantitative estimate of drug-likeness (QED) is 0.205. The Hall–Kier alpha value is -3.59. The first-order valence-electron chi connectivity index (χ1n) is 11.9. The van der Waals surface area contributed by atoms with Crippen LogP contribution in [0, 0.1) is 6.92 Å². The summed E-state index contributed by atoms with van der Waals surface area (Å²) in [6.45, 7) is 4.63. The van der Waals surface area contributed by atoms with Crippen LogP contribution in [0.1, 0.15) is 23.7 Å². The monoisotopic (exact) mass is 561 g/mol. The first-order chi connectivity index (χ1) is 18.5. The van der Waals surface area contributed by atoms with Gasteiger partial charge >= 0.3 is 0 Å². The molecule has 0 bridgehead atoms. The van der Waals surface area contributed by atoms with Crippen LogP contribution in [0.3, 0.4) is 0 Å². The highest BCUT2D eigenvalue weighted by Crippen LogP contribution is 2.39. The van der Waals surface area contributed by atoms with Crippen LogP contribution in [0.5, 0.6) is 11.5 Å². The lowest BCUT2D eigenvalue weighted by molar-refractivity contribution is -0.113. The molecule has 5 rings (SSSR count). The van der Waals surface area contributed by atoms with Crippen LogP contribution in [0.2, 0.25) is 5.02 Å². The Morgan fingerprint density at radius 2 is 1.82 bits per heavy atom. The molecule has 1 aromatic heterocycles. The van der Waals surface area contributed by atoms with Gasteiger partial charge in [0.05, 0.1) is 22.9 Å². The highest BCUT2D eigenvalue weighted by atomic mass is 35.5. The number of para-hydroxylation sites is 1. The van der Waals surface area contributed by atoms with E-state index in [-0.39, 0.29) is 5.91 Å². The summed E-state index contributed by atoms with van der Waals surface area (Å²) < 4.78 is 11.9. The number of aromatic nitrogens is 1. The Kier molecular flexibility index (Phi) is 8.12. The van der Waals surface area contributed by atoms with Crippen LogP contribution in [-0.4, -0.2) is 22.7 Å². The molecule has 3 aromatic carbocycles. The standard InChI is InChI=1S/C29H24ClN3O3S2/c1-3-35-25-15-20(13-14-24(25)36-17-21-9-7-8-12-23(21)30)16-26-27(34)33(22-10-5-4-6-11-22)29(38-26)32-28-31-19(2)18-37-28/h4-16,18H,3,17H2,1-2H3/b26-16-,32-29+. The topological polar surface area (TPSA) is 64.0 Å². The molecule has 0 saturated carbocycles. The molecular formula is C29H24ClN3O3S2. The summed E-state index contributed by atoms with van der Waals surface area (Å²) in [5, 5.41) is 3.76. The average molecular weight is 562 g/mol. The van der Waals surface area contributed by atoms with Crippen LogP contribution in [0.25, 0.3) is 6.08 Å². The summed E-state index contributed by atoms with van der Waals surface area (Å²) in [7, 11) is 0. The molecule has 1 aliphatic heterocycles. The number of hydrogen-bond acceptors (Lipinski definition) is 7. The van der Waals surface area contributed by atoms with Crippen molar-refractivity contribution < 1.29 is 14.3 Å². The van der Waals surface area contributed by atoms with E-state index < -0.39 is 0 Å². The van der Waals surface area contributed by atoms with Gasteiger partial charge in [-0.05, 0) is 67.6 Å². The number of nitrogens with zero attached hydrogens (tertiary/aromatic N) is 3. The predicted molar refractivity (Wildman–Crippen MR) is 157 cm³/mol. The molecule has 2 heterocycles. The fourth-order valence-electron chi connectivity index (χ4n) is 3.75. The first-order valence-corrected chi connectivity index (χ1v) is 14.0. The van der Waals surface area contributed by atoms with Gasteiger partial charge in [-0.15, -0.1) is 11.3 Å². The number of thiazole rings is 1. The number of ether oxygens (including phenoxy) is 2. The van der Waals surface area contributed by atoms with Crippen LogP contribution in [-0.2, 0) is 11.4 Å². The molecule has 4 aromatic rings. The molecule has 0 unspecified atom stereocenters. The third kappa shape index (κ3) is 5.93. The van der Waals surface area contributed by atoms with E-state index in [1.54, 1.807) is 4.90 Å². The van der Waals surface area contributed by atoms with Crippen LogP contribution < -0.4 is 14.4 Å². The number of carbonyl (C=O) groups excluding carboxylic acids is 1. The largest absolute Gasteiger partial charge is 0.490 e. The Morgan fingerprint density at radius 1 is 1.03 bits per heavy atom. The summed E-state index contributed by atoms with van der Waals surface area (Å²) in [4.78, 5) is 24.9. The molecule has 6 nitrogen and oxygen atoms in total. The van der Waals surface area contributed by atoms with Gasteiger partial charge in [0.2, 0.25) is 5.13 Å². The van der Waals surface area contributed by atoms with Crippen molar-refractivity contribution in [3.63, 3.8) is 0 Å². The molecular weight excluding hydrogens is 538 g/mol. The second kappa shape index (κ2) is 11.9. The van der Waals surface area contributed by atoms with E-state index in [4.69, 9.17) is 26.1 Å². The van der Waals surface area contributed by atoms with Crippen molar-refractivity contribution in [1.29, 1.82) is 0 Å². The van der Waals surface area contributed by atoms with Crippen LogP contribution in [0.4, 0.5) is 10.8 Å². The van der Waals surface area contributed by atoms with Gasteiger partial charge in [-0.1, -0.05) is 54.1 Å². The van der Waals surface area contributed by atoms with Gasteiger partial charge in [-0.2, -0.15) is 4.99 Å². The van der Waals surface area contributed by atoms with Crippen molar-refractivity contribution in [2.24, 2.45) is 4.99 Å². The van der Waals surface area contributed by atoms with Crippen LogP contribution >= 0.6 is 34.7 Å². The van der Waals surface area contributed by atoms with E-state index in [1.807, 2.05) is 98.1 Å². The molecule has 0 N–H and O–H groups in total. The minimum Gasteiger partial charge on any atom is -0.490 e. The van der Waals surface area contributed by atoms with E-state index in [2.05, 4.69) is 4.98 Å². The predicted octanol–water partition coefficient (Wildman–Crippen LogP) is 7.89. The number of hydrogen-bond donors (Lipinski definition) is 0. The second-order valence-corrected chi connectivity index (χ2v) is 10.5. The average Bonchev–Trinajstić information content (AvgIpc) is 3.47.